The predicted molar refractivity (Wildman–Crippen MR) is 89.6 cm³/mol. The minimum atomic E-state index is -0.930. The number of ether oxygens (including phenoxy) is 1. The van der Waals surface area contributed by atoms with E-state index in [0.717, 1.165) is 11.1 Å². The number of benzene rings is 2. The molecule has 1 atom stereocenters. The van der Waals surface area contributed by atoms with Crippen molar-refractivity contribution in [2.45, 2.75) is 12.5 Å². The molecule has 0 spiro atoms. The fourth-order valence-electron chi connectivity index (χ4n) is 2.81. The van der Waals surface area contributed by atoms with Crippen LogP contribution in [0.25, 0.3) is 11.1 Å². The lowest BCUT2D eigenvalue weighted by Gasteiger charge is -2.18. The predicted octanol–water partition coefficient (Wildman–Crippen LogP) is 2.94. The van der Waals surface area contributed by atoms with Crippen molar-refractivity contribution in [3.05, 3.63) is 48.0 Å². The number of hydrogen-bond acceptors (Lipinski definition) is 4. The van der Waals surface area contributed by atoms with Gasteiger partial charge in [-0.05, 0) is 35.9 Å². The molecule has 2 aromatic rings. The van der Waals surface area contributed by atoms with Crippen LogP contribution in [0.4, 0.5) is 10.5 Å². The van der Waals surface area contributed by atoms with Gasteiger partial charge in [0, 0.05) is 24.2 Å². The standard InChI is InChI=1S/C18H17N3O3/c19-10-12-2-1-3-13(8-12)16-9-14(20)4-5-17(16)24-15-6-7-21(11-15)18(22)23/h1-5,8-9,15H,6-7,11,20H2,(H,22,23). The maximum absolute atomic E-state index is 11.0. The van der Waals surface area contributed by atoms with Crippen LogP contribution in [-0.2, 0) is 0 Å². The molecule has 0 aromatic heterocycles. The number of nitrogens with zero attached hydrogens (tertiary/aromatic N) is 2. The van der Waals surface area contributed by atoms with Gasteiger partial charge in [-0.1, -0.05) is 12.1 Å². The van der Waals surface area contributed by atoms with Crippen LogP contribution in [0.5, 0.6) is 5.75 Å². The number of nitriles is 1. The molecular formula is C18H17N3O3. The smallest absolute Gasteiger partial charge is 0.407 e. The normalized spacial score (nSPS) is 16.6. The number of nitrogen functional groups attached to an aromatic ring is 1. The molecular weight excluding hydrogens is 306 g/mol. The van der Waals surface area contributed by atoms with E-state index in [1.165, 1.54) is 4.90 Å². The Kier molecular flexibility index (Phi) is 4.25. The summed E-state index contributed by atoms with van der Waals surface area (Å²) >= 11 is 0. The van der Waals surface area contributed by atoms with E-state index in [0.29, 0.717) is 36.5 Å². The van der Waals surface area contributed by atoms with Crippen LogP contribution in [0.2, 0.25) is 0 Å². The van der Waals surface area contributed by atoms with E-state index in [1.54, 1.807) is 30.3 Å². The van der Waals surface area contributed by atoms with Crippen molar-refractivity contribution in [2.24, 2.45) is 0 Å². The van der Waals surface area contributed by atoms with Gasteiger partial charge in [0.25, 0.3) is 0 Å². The third-order valence-corrected chi connectivity index (χ3v) is 4.02. The number of rotatable bonds is 3. The van der Waals surface area contributed by atoms with Crippen LogP contribution in [0.15, 0.2) is 42.5 Å². The van der Waals surface area contributed by atoms with Crippen molar-refractivity contribution in [1.29, 1.82) is 5.26 Å². The zero-order valence-electron chi connectivity index (χ0n) is 13.0. The van der Waals surface area contributed by atoms with Gasteiger partial charge < -0.3 is 20.5 Å². The molecule has 1 aliphatic heterocycles. The molecule has 1 amide bonds. The van der Waals surface area contributed by atoms with Gasteiger partial charge in [0.15, 0.2) is 0 Å². The van der Waals surface area contributed by atoms with Gasteiger partial charge >= 0.3 is 6.09 Å². The van der Waals surface area contributed by atoms with E-state index < -0.39 is 6.09 Å². The number of hydrogen-bond donors (Lipinski definition) is 2. The summed E-state index contributed by atoms with van der Waals surface area (Å²) in [6.45, 7) is 0.811. The van der Waals surface area contributed by atoms with Crippen LogP contribution in [0.3, 0.4) is 0 Å². The van der Waals surface area contributed by atoms with E-state index in [9.17, 15) is 4.79 Å². The van der Waals surface area contributed by atoms with Crippen LogP contribution in [0, 0.1) is 11.3 Å². The summed E-state index contributed by atoms with van der Waals surface area (Å²) < 4.78 is 6.03. The fourth-order valence-corrected chi connectivity index (χ4v) is 2.81. The molecule has 0 bridgehead atoms. The second-order valence-electron chi connectivity index (χ2n) is 5.71. The lowest BCUT2D eigenvalue weighted by Crippen LogP contribution is -2.29. The van der Waals surface area contributed by atoms with Gasteiger partial charge in [-0.2, -0.15) is 5.26 Å². The number of nitrogens with two attached hydrogens (primary N) is 1. The van der Waals surface area contributed by atoms with Gasteiger partial charge in [0.1, 0.15) is 11.9 Å². The second kappa shape index (κ2) is 6.50. The van der Waals surface area contributed by atoms with E-state index in [-0.39, 0.29) is 6.10 Å². The van der Waals surface area contributed by atoms with Crippen LogP contribution < -0.4 is 10.5 Å². The molecule has 3 rings (SSSR count). The van der Waals surface area contributed by atoms with Crippen LogP contribution >= 0.6 is 0 Å². The van der Waals surface area contributed by atoms with E-state index in [4.69, 9.17) is 20.8 Å². The first kappa shape index (κ1) is 15.7. The molecule has 6 nitrogen and oxygen atoms in total. The average molecular weight is 323 g/mol. The molecule has 24 heavy (non-hydrogen) atoms. The average Bonchev–Trinajstić information content (AvgIpc) is 3.05. The molecule has 1 saturated heterocycles. The van der Waals surface area contributed by atoms with Crippen molar-refractivity contribution >= 4 is 11.8 Å². The lowest BCUT2D eigenvalue weighted by molar-refractivity contribution is 0.146. The molecule has 6 heteroatoms. The highest BCUT2D eigenvalue weighted by molar-refractivity contribution is 5.75. The summed E-state index contributed by atoms with van der Waals surface area (Å²) in [5.41, 5.74) is 8.68. The monoisotopic (exact) mass is 323 g/mol. The Hall–Kier alpha value is -3.20. The van der Waals surface area contributed by atoms with Crippen molar-refractivity contribution in [2.75, 3.05) is 18.8 Å². The molecule has 2 aromatic carbocycles. The van der Waals surface area contributed by atoms with Crippen molar-refractivity contribution in [1.82, 2.24) is 4.90 Å². The lowest BCUT2D eigenvalue weighted by atomic mass is 10.0. The van der Waals surface area contributed by atoms with Gasteiger partial charge in [-0.15, -0.1) is 0 Å². The SMILES string of the molecule is N#Cc1cccc(-c2cc(N)ccc2OC2CCN(C(=O)O)C2)c1. The molecule has 0 aliphatic carbocycles. The number of carboxylic acid groups (broad SMARTS) is 1. The van der Waals surface area contributed by atoms with Gasteiger partial charge in [-0.3, -0.25) is 0 Å². The molecule has 1 aliphatic rings. The van der Waals surface area contributed by atoms with Gasteiger partial charge in [0.2, 0.25) is 0 Å². The second-order valence-corrected chi connectivity index (χ2v) is 5.71. The minimum absolute atomic E-state index is 0.192. The maximum atomic E-state index is 11.0. The first-order valence-electron chi connectivity index (χ1n) is 7.61. The Labute approximate surface area is 139 Å². The van der Waals surface area contributed by atoms with Crippen molar-refractivity contribution in [3.8, 4) is 22.9 Å². The molecule has 0 radical (unpaired) electrons. The van der Waals surface area contributed by atoms with Crippen molar-refractivity contribution in [3.63, 3.8) is 0 Å². The molecule has 3 N–H and O–H groups in total. The number of likely N-dealkylation sites (tertiary alicyclic amines) is 1. The Bertz CT molecular complexity index is 813. The molecule has 1 unspecified atom stereocenters. The molecule has 1 heterocycles. The maximum Gasteiger partial charge on any atom is 0.407 e. The summed E-state index contributed by atoms with van der Waals surface area (Å²) in [6.07, 6.45) is -0.475. The van der Waals surface area contributed by atoms with E-state index in [2.05, 4.69) is 6.07 Å². The quantitative estimate of drug-likeness (QED) is 0.846. The van der Waals surface area contributed by atoms with Gasteiger partial charge in [-0.25, -0.2) is 4.79 Å². The van der Waals surface area contributed by atoms with Gasteiger partial charge in [0.05, 0.1) is 18.2 Å². The molecule has 1 fully saturated rings. The van der Waals surface area contributed by atoms with Crippen LogP contribution in [-0.4, -0.2) is 35.3 Å². The molecule has 0 saturated carbocycles. The minimum Gasteiger partial charge on any atom is -0.488 e. The summed E-state index contributed by atoms with van der Waals surface area (Å²) in [7, 11) is 0. The van der Waals surface area contributed by atoms with E-state index >= 15 is 0 Å². The molecule has 122 valence electrons. The Morgan fingerprint density at radius 1 is 1.33 bits per heavy atom. The van der Waals surface area contributed by atoms with E-state index in [1.807, 2.05) is 12.1 Å². The summed E-state index contributed by atoms with van der Waals surface area (Å²) in [6, 6.07) is 14.7. The Balaban J connectivity index is 1.89. The fraction of sp³-hybridized carbons (Fsp3) is 0.222. The zero-order valence-corrected chi connectivity index (χ0v) is 13.0. The highest BCUT2D eigenvalue weighted by Crippen LogP contribution is 2.34. The highest BCUT2D eigenvalue weighted by atomic mass is 16.5. The summed E-state index contributed by atoms with van der Waals surface area (Å²) in [4.78, 5) is 12.4. The van der Waals surface area contributed by atoms with Crippen molar-refractivity contribution < 1.29 is 14.6 Å². The van der Waals surface area contributed by atoms with Crippen LogP contribution in [0.1, 0.15) is 12.0 Å². The third-order valence-electron chi connectivity index (χ3n) is 4.02. The topological polar surface area (TPSA) is 99.6 Å². The Morgan fingerprint density at radius 2 is 2.17 bits per heavy atom. The first-order valence-corrected chi connectivity index (χ1v) is 7.61. The third kappa shape index (κ3) is 3.25. The highest BCUT2D eigenvalue weighted by Gasteiger charge is 2.27. The summed E-state index contributed by atoms with van der Waals surface area (Å²) in [5, 5.41) is 18.1. The Morgan fingerprint density at radius 3 is 2.88 bits per heavy atom. The number of amides is 1. The number of carbonyl (C=O) groups is 1. The first-order chi connectivity index (χ1) is 11.6. The zero-order chi connectivity index (χ0) is 17.1. The summed E-state index contributed by atoms with van der Waals surface area (Å²) in [5.74, 6) is 0.636. The number of anilines is 1. The largest absolute Gasteiger partial charge is 0.488 e.